The number of nitriles is 1. The summed E-state index contributed by atoms with van der Waals surface area (Å²) in [5.41, 5.74) is 5.71. The van der Waals surface area contributed by atoms with Crippen molar-refractivity contribution in [3.05, 3.63) is 24.0 Å². The van der Waals surface area contributed by atoms with Crippen molar-refractivity contribution >= 4 is 0 Å². The van der Waals surface area contributed by atoms with Crippen molar-refractivity contribution in [1.82, 2.24) is 4.98 Å². The van der Waals surface area contributed by atoms with Crippen molar-refractivity contribution in [3.63, 3.8) is 0 Å². The molecule has 0 fully saturated rings. The second-order valence-corrected chi connectivity index (χ2v) is 3.77. The van der Waals surface area contributed by atoms with Crippen LogP contribution in [0.3, 0.4) is 0 Å². The molecule has 0 unspecified atom stereocenters. The smallest absolute Gasteiger partial charge is 0.144 e. The lowest BCUT2D eigenvalue weighted by Gasteiger charge is -2.18. The van der Waals surface area contributed by atoms with Gasteiger partial charge in [-0.25, -0.2) is 4.98 Å². The monoisotopic (exact) mass is 191 g/mol. The van der Waals surface area contributed by atoms with E-state index in [0.717, 1.165) is 0 Å². The van der Waals surface area contributed by atoms with E-state index in [1.165, 1.54) is 6.20 Å². The standard InChI is InChI=1S/C10H13N3O/c1-10(2,12)7-14-9-3-4-13-8(5-9)6-11/h3-5H,7,12H2,1-2H3. The van der Waals surface area contributed by atoms with E-state index in [4.69, 9.17) is 15.7 Å². The Bertz CT molecular complexity index is 349. The lowest BCUT2D eigenvalue weighted by Crippen LogP contribution is -2.38. The van der Waals surface area contributed by atoms with Gasteiger partial charge in [0, 0.05) is 17.8 Å². The van der Waals surface area contributed by atoms with E-state index in [0.29, 0.717) is 18.1 Å². The van der Waals surface area contributed by atoms with Crippen LogP contribution in [0.5, 0.6) is 5.75 Å². The largest absolute Gasteiger partial charge is 0.492 e. The quantitative estimate of drug-likeness (QED) is 0.775. The number of hydrogen-bond acceptors (Lipinski definition) is 4. The van der Waals surface area contributed by atoms with Crippen LogP contribution in [-0.2, 0) is 0 Å². The van der Waals surface area contributed by atoms with Crippen molar-refractivity contribution in [2.75, 3.05) is 6.61 Å². The van der Waals surface area contributed by atoms with Gasteiger partial charge in [0.1, 0.15) is 24.1 Å². The first kappa shape index (κ1) is 10.5. The fourth-order valence-corrected chi connectivity index (χ4v) is 0.831. The molecule has 0 saturated heterocycles. The van der Waals surface area contributed by atoms with Crippen LogP contribution in [0.2, 0.25) is 0 Å². The van der Waals surface area contributed by atoms with E-state index in [9.17, 15) is 0 Å². The third-order valence-corrected chi connectivity index (χ3v) is 1.46. The Kier molecular flexibility index (Phi) is 3.05. The second-order valence-electron chi connectivity index (χ2n) is 3.77. The molecule has 0 spiro atoms. The van der Waals surface area contributed by atoms with Gasteiger partial charge in [-0.05, 0) is 19.9 Å². The maximum absolute atomic E-state index is 8.60. The van der Waals surface area contributed by atoms with Crippen LogP contribution in [-0.4, -0.2) is 17.1 Å². The minimum atomic E-state index is -0.379. The van der Waals surface area contributed by atoms with Crippen molar-refractivity contribution < 1.29 is 4.74 Å². The van der Waals surface area contributed by atoms with Crippen molar-refractivity contribution in [2.45, 2.75) is 19.4 Å². The summed E-state index contributed by atoms with van der Waals surface area (Å²) in [6.45, 7) is 4.15. The molecule has 1 rings (SSSR count). The van der Waals surface area contributed by atoms with E-state index in [1.807, 2.05) is 19.9 Å². The number of rotatable bonds is 3. The van der Waals surface area contributed by atoms with Gasteiger partial charge >= 0.3 is 0 Å². The predicted molar refractivity (Wildman–Crippen MR) is 52.7 cm³/mol. The third-order valence-electron chi connectivity index (χ3n) is 1.46. The predicted octanol–water partition coefficient (Wildman–Crippen LogP) is 1.07. The van der Waals surface area contributed by atoms with E-state index in [-0.39, 0.29) is 5.54 Å². The molecule has 4 nitrogen and oxygen atoms in total. The van der Waals surface area contributed by atoms with Crippen LogP contribution >= 0.6 is 0 Å². The SMILES string of the molecule is CC(C)(N)COc1ccnc(C#N)c1. The van der Waals surface area contributed by atoms with Gasteiger partial charge in [-0.3, -0.25) is 0 Å². The highest BCUT2D eigenvalue weighted by molar-refractivity contribution is 5.29. The molecule has 2 N–H and O–H groups in total. The Labute approximate surface area is 83.3 Å². The lowest BCUT2D eigenvalue weighted by molar-refractivity contribution is 0.243. The first-order chi connectivity index (χ1) is 6.51. The Balaban J connectivity index is 2.65. The van der Waals surface area contributed by atoms with Gasteiger partial charge in [0.25, 0.3) is 0 Å². The number of aromatic nitrogens is 1. The van der Waals surface area contributed by atoms with E-state index in [1.54, 1.807) is 12.1 Å². The molecular formula is C10H13N3O. The molecule has 0 bridgehead atoms. The molecule has 0 amide bonds. The molecule has 0 radical (unpaired) electrons. The van der Waals surface area contributed by atoms with E-state index >= 15 is 0 Å². The topological polar surface area (TPSA) is 71.9 Å². The molecule has 74 valence electrons. The van der Waals surface area contributed by atoms with Crippen LogP contribution in [0.25, 0.3) is 0 Å². The molecule has 0 atom stereocenters. The Hall–Kier alpha value is -1.60. The van der Waals surface area contributed by atoms with Gasteiger partial charge in [0.2, 0.25) is 0 Å². The number of hydrogen-bond donors (Lipinski definition) is 1. The molecule has 0 aliphatic heterocycles. The zero-order chi connectivity index (χ0) is 10.6. The number of ether oxygens (including phenoxy) is 1. The summed E-state index contributed by atoms with van der Waals surface area (Å²) in [5, 5.41) is 8.60. The number of nitrogens with zero attached hydrogens (tertiary/aromatic N) is 2. The highest BCUT2D eigenvalue weighted by atomic mass is 16.5. The Morgan fingerprint density at radius 1 is 1.64 bits per heavy atom. The van der Waals surface area contributed by atoms with E-state index < -0.39 is 0 Å². The summed E-state index contributed by atoms with van der Waals surface area (Å²) in [4.78, 5) is 3.83. The first-order valence-corrected chi connectivity index (χ1v) is 4.29. The summed E-state index contributed by atoms with van der Waals surface area (Å²) in [6, 6.07) is 5.23. The van der Waals surface area contributed by atoms with Crippen molar-refractivity contribution in [1.29, 1.82) is 5.26 Å². The van der Waals surface area contributed by atoms with Crippen molar-refractivity contribution in [2.24, 2.45) is 5.73 Å². The minimum absolute atomic E-state index is 0.345. The van der Waals surface area contributed by atoms with Gasteiger partial charge in [-0.2, -0.15) is 5.26 Å². The van der Waals surface area contributed by atoms with Gasteiger partial charge in [0.05, 0.1) is 0 Å². The fourth-order valence-electron chi connectivity index (χ4n) is 0.831. The van der Waals surface area contributed by atoms with E-state index in [2.05, 4.69) is 4.98 Å². The highest BCUT2D eigenvalue weighted by Crippen LogP contribution is 2.11. The summed E-state index contributed by atoms with van der Waals surface area (Å²) >= 11 is 0. The average Bonchev–Trinajstić information content (AvgIpc) is 2.14. The Morgan fingerprint density at radius 3 is 2.93 bits per heavy atom. The fraction of sp³-hybridized carbons (Fsp3) is 0.400. The molecular weight excluding hydrogens is 178 g/mol. The molecule has 1 heterocycles. The van der Waals surface area contributed by atoms with Gasteiger partial charge in [-0.1, -0.05) is 0 Å². The molecule has 1 aromatic heterocycles. The maximum Gasteiger partial charge on any atom is 0.144 e. The maximum atomic E-state index is 8.60. The summed E-state index contributed by atoms with van der Waals surface area (Å²) in [6.07, 6.45) is 1.54. The molecule has 0 saturated carbocycles. The third kappa shape index (κ3) is 3.42. The van der Waals surface area contributed by atoms with Crippen LogP contribution in [0.1, 0.15) is 19.5 Å². The average molecular weight is 191 g/mol. The van der Waals surface area contributed by atoms with Crippen molar-refractivity contribution in [3.8, 4) is 11.8 Å². The molecule has 0 aliphatic rings. The molecule has 4 heteroatoms. The molecule has 14 heavy (non-hydrogen) atoms. The van der Waals surface area contributed by atoms with Crippen LogP contribution in [0.15, 0.2) is 18.3 Å². The minimum Gasteiger partial charge on any atom is -0.492 e. The Morgan fingerprint density at radius 2 is 2.36 bits per heavy atom. The zero-order valence-electron chi connectivity index (χ0n) is 8.32. The van der Waals surface area contributed by atoms with Gasteiger partial charge in [0.15, 0.2) is 0 Å². The molecule has 1 aromatic rings. The molecule has 0 aromatic carbocycles. The summed E-state index contributed by atoms with van der Waals surface area (Å²) in [7, 11) is 0. The van der Waals surface area contributed by atoms with Crippen LogP contribution in [0, 0.1) is 11.3 Å². The summed E-state index contributed by atoms with van der Waals surface area (Å²) in [5.74, 6) is 0.620. The lowest BCUT2D eigenvalue weighted by atomic mass is 10.1. The summed E-state index contributed by atoms with van der Waals surface area (Å²) < 4.78 is 5.40. The normalized spacial score (nSPS) is 10.7. The van der Waals surface area contributed by atoms with Gasteiger partial charge in [-0.15, -0.1) is 0 Å². The second kappa shape index (κ2) is 4.07. The zero-order valence-corrected chi connectivity index (χ0v) is 8.32. The number of nitrogens with two attached hydrogens (primary N) is 1. The number of pyridine rings is 1. The van der Waals surface area contributed by atoms with Crippen LogP contribution < -0.4 is 10.5 Å². The first-order valence-electron chi connectivity index (χ1n) is 4.29. The van der Waals surface area contributed by atoms with Gasteiger partial charge < -0.3 is 10.5 Å². The molecule has 0 aliphatic carbocycles. The van der Waals surface area contributed by atoms with Crippen LogP contribution in [0.4, 0.5) is 0 Å². The highest BCUT2D eigenvalue weighted by Gasteiger charge is 2.11.